The number of benzene rings is 2. The van der Waals surface area contributed by atoms with Crippen LogP contribution in [0.25, 0.3) is 0 Å². The highest BCUT2D eigenvalue weighted by molar-refractivity contribution is 5.95. The van der Waals surface area contributed by atoms with E-state index in [1.165, 1.54) is 17.8 Å². The molecule has 0 fully saturated rings. The van der Waals surface area contributed by atoms with E-state index in [2.05, 4.69) is 29.3 Å². The van der Waals surface area contributed by atoms with E-state index in [9.17, 15) is 9.90 Å². The molecule has 2 rings (SSSR count). The Kier molecular flexibility index (Phi) is 5.74. The normalized spacial score (nSPS) is 10.7. The van der Waals surface area contributed by atoms with Crippen molar-refractivity contribution in [3.8, 4) is 5.75 Å². The van der Waals surface area contributed by atoms with Crippen LogP contribution in [0.4, 0.5) is 5.69 Å². The first-order valence-electron chi connectivity index (χ1n) is 7.61. The number of amides is 1. The average Bonchev–Trinajstić information content (AvgIpc) is 2.58. The number of phenols is 1. The second kappa shape index (κ2) is 7.98. The molecule has 2 aromatic carbocycles. The molecule has 0 unspecified atom stereocenters. The van der Waals surface area contributed by atoms with E-state index in [1.54, 1.807) is 18.3 Å². The molecular formula is C18H21N3O2. The highest BCUT2D eigenvalue weighted by Gasteiger charge is 2.03. The summed E-state index contributed by atoms with van der Waals surface area (Å²) in [7, 11) is 0. The average molecular weight is 311 g/mol. The number of anilines is 1. The van der Waals surface area contributed by atoms with Crippen molar-refractivity contribution in [1.82, 2.24) is 5.43 Å². The molecule has 23 heavy (non-hydrogen) atoms. The van der Waals surface area contributed by atoms with Gasteiger partial charge in [0.2, 0.25) is 0 Å². The van der Waals surface area contributed by atoms with Crippen molar-refractivity contribution in [2.45, 2.75) is 13.8 Å². The van der Waals surface area contributed by atoms with E-state index < -0.39 is 0 Å². The fourth-order valence-electron chi connectivity index (χ4n) is 2.20. The maximum absolute atomic E-state index is 11.9. The van der Waals surface area contributed by atoms with Gasteiger partial charge in [0.05, 0.1) is 6.21 Å². The zero-order valence-corrected chi connectivity index (χ0v) is 13.4. The largest absolute Gasteiger partial charge is 0.508 e. The summed E-state index contributed by atoms with van der Waals surface area (Å²) in [6.07, 6.45) is 1.60. The molecule has 0 atom stereocenters. The van der Waals surface area contributed by atoms with Gasteiger partial charge < -0.3 is 10.0 Å². The molecule has 0 heterocycles. The first-order chi connectivity index (χ1) is 11.1. The molecule has 0 aromatic heterocycles. The summed E-state index contributed by atoms with van der Waals surface area (Å²) in [6, 6.07) is 14.0. The second-order valence-electron chi connectivity index (χ2n) is 5.01. The number of carbonyl (C=O) groups is 1. The molecule has 0 aliphatic rings. The highest BCUT2D eigenvalue weighted by Crippen LogP contribution is 2.14. The third-order valence-corrected chi connectivity index (χ3v) is 3.53. The molecular weight excluding hydrogens is 290 g/mol. The van der Waals surface area contributed by atoms with Gasteiger partial charge in [-0.1, -0.05) is 12.1 Å². The van der Waals surface area contributed by atoms with Crippen LogP contribution in [-0.4, -0.2) is 30.3 Å². The van der Waals surface area contributed by atoms with Gasteiger partial charge in [0, 0.05) is 24.3 Å². The van der Waals surface area contributed by atoms with Crippen LogP contribution in [0.5, 0.6) is 5.75 Å². The van der Waals surface area contributed by atoms with E-state index in [-0.39, 0.29) is 11.7 Å². The molecule has 120 valence electrons. The predicted molar refractivity (Wildman–Crippen MR) is 93.2 cm³/mol. The summed E-state index contributed by atoms with van der Waals surface area (Å²) in [5.41, 5.74) is 4.98. The lowest BCUT2D eigenvalue weighted by Crippen LogP contribution is -2.21. The molecule has 0 spiro atoms. The van der Waals surface area contributed by atoms with Gasteiger partial charge in [-0.15, -0.1) is 0 Å². The van der Waals surface area contributed by atoms with E-state index >= 15 is 0 Å². The number of carbonyl (C=O) groups excluding carboxylic acids is 1. The van der Waals surface area contributed by atoms with Gasteiger partial charge in [0.15, 0.2) is 0 Å². The van der Waals surface area contributed by atoms with Gasteiger partial charge in [0.25, 0.3) is 5.91 Å². The minimum atomic E-state index is -0.319. The third kappa shape index (κ3) is 4.57. The summed E-state index contributed by atoms with van der Waals surface area (Å²) >= 11 is 0. The number of nitrogens with zero attached hydrogens (tertiary/aromatic N) is 2. The van der Waals surface area contributed by atoms with Crippen molar-refractivity contribution in [3.05, 3.63) is 59.7 Å². The van der Waals surface area contributed by atoms with Gasteiger partial charge in [-0.25, -0.2) is 5.43 Å². The monoisotopic (exact) mass is 311 g/mol. The Bertz CT molecular complexity index is 660. The van der Waals surface area contributed by atoms with Crippen molar-refractivity contribution >= 4 is 17.8 Å². The Morgan fingerprint density at radius 2 is 1.70 bits per heavy atom. The van der Waals surface area contributed by atoms with Crippen molar-refractivity contribution in [2.75, 3.05) is 18.0 Å². The highest BCUT2D eigenvalue weighted by atomic mass is 16.3. The van der Waals surface area contributed by atoms with E-state index in [4.69, 9.17) is 0 Å². The van der Waals surface area contributed by atoms with Gasteiger partial charge >= 0.3 is 0 Å². The maximum atomic E-state index is 11.9. The Morgan fingerprint density at radius 1 is 1.09 bits per heavy atom. The molecule has 2 N–H and O–H groups in total. The minimum Gasteiger partial charge on any atom is -0.508 e. The van der Waals surface area contributed by atoms with Gasteiger partial charge in [0.1, 0.15) is 5.75 Å². The van der Waals surface area contributed by atoms with E-state index in [0.717, 1.165) is 18.7 Å². The molecule has 2 aromatic rings. The van der Waals surface area contributed by atoms with Crippen LogP contribution in [-0.2, 0) is 0 Å². The number of hydrogen-bond acceptors (Lipinski definition) is 4. The van der Waals surface area contributed by atoms with Crippen LogP contribution in [0, 0.1) is 0 Å². The van der Waals surface area contributed by atoms with Crippen molar-refractivity contribution in [1.29, 1.82) is 0 Å². The third-order valence-electron chi connectivity index (χ3n) is 3.53. The number of rotatable bonds is 6. The van der Waals surface area contributed by atoms with Gasteiger partial charge in [-0.3, -0.25) is 4.79 Å². The van der Waals surface area contributed by atoms with E-state index in [1.807, 2.05) is 24.3 Å². The molecule has 5 heteroatoms. The second-order valence-corrected chi connectivity index (χ2v) is 5.01. The molecule has 0 saturated carbocycles. The number of hydrogen-bond donors (Lipinski definition) is 2. The number of aromatic hydroxyl groups is 1. The molecule has 0 aliphatic heterocycles. The van der Waals surface area contributed by atoms with Crippen LogP contribution in [0.2, 0.25) is 0 Å². The minimum absolute atomic E-state index is 0.123. The summed E-state index contributed by atoms with van der Waals surface area (Å²) in [5, 5.41) is 13.2. The fraction of sp³-hybridized carbons (Fsp3) is 0.222. The Morgan fingerprint density at radius 3 is 2.26 bits per heavy atom. The lowest BCUT2D eigenvalue weighted by Gasteiger charge is -2.20. The fourth-order valence-corrected chi connectivity index (χ4v) is 2.20. The van der Waals surface area contributed by atoms with Gasteiger partial charge in [-0.2, -0.15) is 5.10 Å². The summed E-state index contributed by atoms with van der Waals surface area (Å²) < 4.78 is 0. The Hall–Kier alpha value is -2.82. The summed E-state index contributed by atoms with van der Waals surface area (Å²) in [5.74, 6) is -0.195. The standard InChI is InChI=1S/C18H21N3O2/c1-3-21(4-2)16-9-5-14(6-10-16)13-19-20-18(23)15-7-11-17(22)12-8-15/h5-13,22H,3-4H2,1-2H3,(H,20,23)/b19-13+. The lowest BCUT2D eigenvalue weighted by atomic mass is 10.2. The number of phenolic OH excluding ortho intramolecular Hbond substituents is 1. The molecule has 0 aliphatic carbocycles. The van der Waals surface area contributed by atoms with E-state index in [0.29, 0.717) is 5.56 Å². The quantitative estimate of drug-likeness (QED) is 0.636. The zero-order valence-electron chi connectivity index (χ0n) is 13.4. The molecule has 0 radical (unpaired) electrons. The number of hydrazone groups is 1. The predicted octanol–water partition coefficient (Wildman–Crippen LogP) is 3.00. The Balaban J connectivity index is 1.95. The SMILES string of the molecule is CCN(CC)c1ccc(/C=N/NC(=O)c2ccc(O)cc2)cc1. The first kappa shape index (κ1) is 16.5. The molecule has 0 saturated heterocycles. The first-order valence-corrected chi connectivity index (χ1v) is 7.61. The summed E-state index contributed by atoms with van der Waals surface area (Å²) in [4.78, 5) is 14.1. The maximum Gasteiger partial charge on any atom is 0.271 e. The summed E-state index contributed by atoms with van der Waals surface area (Å²) in [6.45, 7) is 6.18. The smallest absolute Gasteiger partial charge is 0.271 e. The van der Waals surface area contributed by atoms with Crippen molar-refractivity contribution in [2.24, 2.45) is 5.10 Å². The lowest BCUT2D eigenvalue weighted by molar-refractivity contribution is 0.0955. The number of nitrogens with one attached hydrogen (secondary N) is 1. The van der Waals surface area contributed by atoms with Crippen LogP contribution < -0.4 is 10.3 Å². The Labute approximate surface area is 136 Å². The topological polar surface area (TPSA) is 64.9 Å². The van der Waals surface area contributed by atoms with Crippen LogP contribution >= 0.6 is 0 Å². The molecule has 5 nitrogen and oxygen atoms in total. The van der Waals surface area contributed by atoms with Gasteiger partial charge in [-0.05, 0) is 55.8 Å². The molecule has 1 amide bonds. The van der Waals surface area contributed by atoms with Crippen molar-refractivity contribution < 1.29 is 9.90 Å². The molecule has 0 bridgehead atoms. The van der Waals surface area contributed by atoms with Crippen LogP contribution in [0.15, 0.2) is 53.6 Å². The van der Waals surface area contributed by atoms with Crippen LogP contribution in [0.1, 0.15) is 29.8 Å². The van der Waals surface area contributed by atoms with Crippen molar-refractivity contribution in [3.63, 3.8) is 0 Å². The van der Waals surface area contributed by atoms with Crippen LogP contribution in [0.3, 0.4) is 0 Å². The zero-order chi connectivity index (χ0) is 16.7.